The van der Waals surface area contributed by atoms with E-state index in [0.29, 0.717) is 19.4 Å². The Bertz CT molecular complexity index is 140. The summed E-state index contributed by atoms with van der Waals surface area (Å²) < 4.78 is 5.17. The first kappa shape index (κ1) is 8.62. The highest BCUT2D eigenvalue weighted by Gasteiger charge is 2.33. The number of hydrogen-bond acceptors (Lipinski definition) is 4. The predicted molar refractivity (Wildman–Crippen MR) is 40.2 cm³/mol. The molecule has 0 amide bonds. The Hall–Kier alpha value is -0.480. The van der Waals surface area contributed by atoms with E-state index < -0.39 is 6.10 Å². The Morgan fingerprint density at radius 2 is 2.55 bits per heavy atom. The van der Waals surface area contributed by atoms with E-state index in [1.807, 2.05) is 6.92 Å². The molecule has 4 nitrogen and oxygen atoms in total. The maximum atomic E-state index is 10.2. The van der Waals surface area contributed by atoms with Crippen molar-refractivity contribution in [3.05, 3.63) is 4.91 Å². The average Bonchev–Trinajstić information content (AvgIpc) is 2.40. The Balaban J connectivity index is 2.49. The summed E-state index contributed by atoms with van der Waals surface area (Å²) in [5.74, 6) is 0. The minimum atomic E-state index is -0.502. The topological polar surface area (TPSA) is 58.9 Å². The van der Waals surface area contributed by atoms with Gasteiger partial charge in [0.25, 0.3) is 0 Å². The van der Waals surface area contributed by atoms with Crippen molar-refractivity contribution in [2.75, 3.05) is 6.61 Å². The summed E-state index contributed by atoms with van der Waals surface area (Å²) in [5, 5.41) is 12.2. The molecule has 0 saturated carbocycles. The summed E-state index contributed by atoms with van der Waals surface area (Å²) in [5.41, 5.74) is 0. The minimum Gasteiger partial charge on any atom is -0.390 e. The third kappa shape index (κ3) is 1.75. The molecule has 0 aliphatic carbocycles. The van der Waals surface area contributed by atoms with Crippen molar-refractivity contribution in [1.82, 2.24) is 0 Å². The number of nitroso groups, excluding NO2 is 1. The number of rotatable bonds is 3. The largest absolute Gasteiger partial charge is 0.390 e. The highest BCUT2D eigenvalue weighted by Crippen LogP contribution is 2.20. The lowest BCUT2D eigenvalue weighted by atomic mass is 10.0. The fourth-order valence-corrected chi connectivity index (χ4v) is 1.33. The predicted octanol–water partition coefficient (Wildman–Crippen LogP) is 0.681. The van der Waals surface area contributed by atoms with Gasteiger partial charge in [0.1, 0.15) is 12.1 Å². The van der Waals surface area contributed by atoms with Gasteiger partial charge in [-0.3, -0.25) is 0 Å². The van der Waals surface area contributed by atoms with Gasteiger partial charge in [0.05, 0.1) is 6.10 Å². The Morgan fingerprint density at radius 1 is 1.82 bits per heavy atom. The zero-order chi connectivity index (χ0) is 8.27. The van der Waals surface area contributed by atoms with Crippen LogP contribution in [0.4, 0.5) is 0 Å². The molecule has 3 atom stereocenters. The third-order valence-corrected chi connectivity index (χ3v) is 2.04. The maximum Gasteiger partial charge on any atom is 0.120 e. The Morgan fingerprint density at radius 3 is 2.91 bits per heavy atom. The summed E-state index contributed by atoms with van der Waals surface area (Å²) in [6, 6.07) is -0.382. The van der Waals surface area contributed by atoms with Crippen molar-refractivity contribution in [1.29, 1.82) is 0 Å². The van der Waals surface area contributed by atoms with Gasteiger partial charge >= 0.3 is 0 Å². The van der Waals surface area contributed by atoms with E-state index in [2.05, 4.69) is 5.18 Å². The van der Waals surface area contributed by atoms with Crippen molar-refractivity contribution >= 4 is 0 Å². The van der Waals surface area contributed by atoms with Gasteiger partial charge in [0.2, 0.25) is 0 Å². The molecule has 1 rings (SSSR count). The normalized spacial score (nSPS) is 33.6. The van der Waals surface area contributed by atoms with Crippen LogP contribution in [0.3, 0.4) is 0 Å². The lowest BCUT2D eigenvalue weighted by Crippen LogP contribution is -2.32. The molecule has 0 spiro atoms. The summed E-state index contributed by atoms with van der Waals surface area (Å²) in [6.07, 6.45) is 0.386. The average molecular weight is 159 g/mol. The zero-order valence-electron chi connectivity index (χ0n) is 6.56. The van der Waals surface area contributed by atoms with E-state index in [-0.39, 0.29) is 12.1 Å². The fraction of sp³-hybridized carbons (Fsp3) is 1.00. The Kier molecular flexibility index (Phi) is 2.96. The van der Waals surface area contributed by atoms with E-state index in [0.717, 1.165) is 0 Å². The lowest BCUT2D eigenvalue weighted by Gasteiger charge is -2.17. The molecule has 64 valence electrons. The van der Waals surface area contributed by atoms with E-state index in [9.17, 15) is 10.0 Å². The third-order valence-electron chi connectivity index (χ3n) is 2.04. The van der Waals surface area contributed by atoms with Crippen LogP contribution >= 0.6 is 0 Å². The van der Waals surface area contributed by atoms with Crippen LogP contribution < -0.4 is 0 Å². The van der Waals surface area contributed by atoms with Crippen LogP contribution in [0.2, 0.25) is 0 Å². The first-order valence-corrected chi connectivity index (χ1v) is 3.91. The molecule has 0 aromatic heterocycles. The second-order valence-electron chi connectivity index (χ2n) is 2.77. The van der Waals surface area contributed by atoms with Crippen LogP contribution in [-0.4, -0.2) is 30.0 Å². The molecular weight excluding hydrogens is 146 g/mol. The monoisotopic (exact) mass is 159 g/mol. The number of ether oxygens (including phenoxy) is 1. The fourth-order valence-electron chi connectivity index (χ4n) is 1.33. The molecule has 1 aliphatic heterocycles. The van der Waals surface area contributed by atoms with Gasteiger partial charge in [-0.2, -0.15) is 4.91 Å². The molecule has 0 bridgehead atoms. The molecular formula is C7H13NO3. The van der Waals surface area contributed by atoms with Gasteiger partial charge in [-0.05, 0) is 12.8 Å². The smallest absolute Gasteiger partial charge is 0.120 e. The van der Waals surface area contributed by atoms with E-state index in [1.54, 1.807) is 0 Å². The van der Waals surface area contributed by atoms with Crippen LogP contribution in [0.25, 0.3) is 0 Å². The number of hydrogen-bond donors (Lipinski definition) is 1. The second-order valence-corrected chi connectivity index (χ2v) is 2.77. The molecule has 0 radical (unpaired) electrons. The minimum absolute atomic E-state index is 0.363. The maximum absolute atomic E-state index is 10.2. The summed E-state index contributed by atoms with van der Waals surface area (Å²) in [4.78, 5) is 10.2. The van der Waals surface area contributed by atoms with Gasteiger partial charge in [0.15, 0.2) is 0 Å². The summed E-state index contributed by atoms with van der Waals surface area (Å²) in [7, 11) is 0. The number of aliphatic hydroxyl groups excluding tert-OH is 1. The SMILES string of the molecule is CCC(N=O)C1OCCC1O. The molecule has 1 N–H and O–H groups in total. The van der Waals surface area contributed by atoms with Crippen LogP contribution in [0.1, 0.15) is 19.8 Å². The van der Waals surface area contributed by atoms with Gasteiger partial charge in [-0.15, -0.1) is 0 Å². The van der Waals surface area contributed by atoms with Crippen LogP contribution in [-0.2, 0) is 4.74 Å². The van der Waals surface area contributed by atoms with E-state index in [1.165, 1.54) is 0 Å². The van der Waals surface area contributed by atoms with Crippen LogP contribution in [0.15, 0.2) is 5.18 Å². The molecule has 3 unspecified atom stereocenters. The number of aliphatic hydroxyl groups is 1. The molecule has 1 heterocycles. The van der Waals surface area contributed by atoms with Gasteiger partial charge in [0, 0.05) is 6.61 Å². The van der Waals surface area contributed by atoms with Crippen molar-refractivity contribution in [2.24, 2.45) is 5.18 Å². The van der Waals surface area contributed by atoms with Gasteiger partial charge in [-0.1, -0.05) is 12.1 Å². The highest BCUT2D eigenvalue weighted by molar-refractivity contribution is 4.85. The molecule has 1 saturated heterocycles. The first-order valence-electron chi connectivity index (χ1n) is 3.91. The van der Waals surface area contributed by atoms with Gasteiger partial charge < -0.3 is 9.84 Å². The molecule has 1 fully saturated rings. The molecule has 0 aromatic carbocycles. The zero-order valence-corrected chi connectivity index (χ0v) is 6.56. The van der Waals surface area contributed by atoms with E-state index >= 15 is 0 Å². The van der Waals surface area contributed by atoms with Crippen molar-refractivity contribution in [3.63, 3.8) is 0 Å². The highest BCUT2D eigenvalue weighted by atomic mass is 16.5. The second kappa shape index (κ2) is 3.78. The molecule has 1 aliphatic rings. The lowest BCUT2D eigenvalue weighted by molar-refractivity contribution is 0.0246. The Labute approximate surface area is 65.5 Å². The van der Waals surface area contributed by atoms with Gasteiger partial charge in [-0.25, -0.2) is 0 Å². The number of nitrogens with zero attached hydrogens (tertiary/aromatic N) is 1. The van der Waals surface area contributed by atoms with Crippen molar-refractivity contribution < 1.29 is 9.84 Å². The molecule has 11 heavy (non-hydrogen) atoms. The molecule has 4 heteroatoms. The van der Waals surface area contributed by atoms with Crippen molar-refractivity contribution in [2.45, 2.75) is 38.0 Å². The summed E-state index contributed by atoms with van der Waals surface area (Å²) in [6.45, 7) is 2.40. The van der Waals surface area contributed by atoms with Crippen LogP contribution in [0, 0.1) is 4.91 Å². The molecule has 0 aromatic rings. The van der Waals surface area contributed by atoms with Crippen molar-refractivity contribution in [3.8, 4) is 0 Å². The van der Waals surface area contributed by atoms with E-state index in [4.69, 9.17) is 4.74 Å². The summed E-state index contributed by atoms with van der Waals surface area (Å²) >= 11 is 0. The van der Waals surface area contributed by atoms with Crippen LogP contribution in [0.5, 0.6) is 0 Å². The first-order chi connectivity index (χ1) is 5.29. The standard InChI is InChI=1S/C7H13NO3/c1-2-5(8-10)7-6(9)3-4-11-7/h5-7,9H,2-4H2,1H3. The quantitative estimate of drug-likeness (QED) is 0.616.